The van der Waals surface area contributed by atoms with Gasteiger partial charge in [-0.25, -0.2) is 4.68 Å². The molecule has 1 N–H and O–H groups in total. The van der Waals surface area contributed by atoms with Crippen LogP contribution in [0.3, 0.4) is 0 Å². The largest absolute Gasteiger partial charge is 0.494 e. The maximum atomic E-state index is 12.7. The average molecular weight is 344 g/mol. The molecule has 7 nitrogen and oxygen atoms in total. The van der Waals surface area contributed by atoms with Gasteiger partial charge in [0.2, 0.25) is 0 Å². The van der Waals surface area contributed by atoms with Crippen molar-refractivity contribution in [3.63, 3.8) is 0 Å². The Labute approximate surface area is 147 Å². The highest BCUT2D eigenvalue weighted by Gasteiger charge is 2.23. The number of nitrogens with zero attached hydrogens (tertiary/aromatic N) is 4. The highest BCUT2D eigenvalue weighted by atomic mass is 16.5. The monoisotopic (exact) mass is 344 g/mol. The second kappa shape index (κ2) is 7.67. The summed E-state index contributed by atoms with van der Waals surface area (Å²) in [5.41, 5.74) is 2.34. The van der Waals surface area contributed by atoms with Crippen LogP contribution in [0.2, 0.25) is 0 Å². The van der Waals surface area contributed by atoms with E-state index < -0.39 is 0 Å². The van der Waals surface area contributed by atoms with Crippen LogP contribution in [0.4, 0.5) is 0 Å². The fourth-order valence-corrected chi connectivity index (χ4v) is 3.03. The molecule has 1 aromatic carbocycles. The Morgan fingerprint density at radius 2 is 2.00 bits per heavy atom. The zero-order valence-electron chi connectivity index (χ0n) is 14.7. The number of aliphatic hydroxyl groups excluding tert-OH is 1. The van der Waals surface area contributed by atoms with Crippen LogP contribution in [0.15, 0.2) is 30.5 Å². The van der Waals surface area contributed by atoms with Crippen LogP contribution in [0, 0.1) is 6.92 Å². The first-order chi connectivity index (χ1) is 12.1. The normalized spacial score (nSPS) is 15.4. The lowest BCUT2D eigenvalue weighted by atomic mass is 10.2. The quantitative estimate of drug-likeness (QED) is 0.874. The van der Waals surface area contributed by atoms with Crippen molar-refractivity contribution in [1.82, 2.24) is 19.6 Å². The Morgan fingerprint density at radius 3 is 2.68 bits per heavy atom. The highest BCUT2D eigenvalue weighted by molar-refractivity contribution is 5.92. The summed E-state index contributed by atoms with van der Waals surface area (Å²) < 4.78 is 7.08. The molecule has 0 aliphatic carbocycles. The Hall–Kier alpha value is -2.38. The predicted octanol–water partition coefficient (Wildman–Crippen LogP) is 0.939. The fraction of sp³-hybridized carbons (Fsp3) is 0.444. The maximum Gasteiger partial charge on any atom is 0.274 e. The molecule has 0 bridgehead atoms. The number of piperazine rings is 1. The van der Waals surface area contributed by atoms with Gasteiger partial charge in [0.1, 0.15) is 11.4 Å². The molecule has 1 saturated heterocycles. The molecule has 1 aliphatic rings. The van der Waals surface area contributed by atoms with Crippen molar-refractivity contribution < 1.29 is 14.6 Å². The first kappa shape index (κ1) is 17.4. The summed E-state index contributed by atoms with van der Waals surface area (Å²) in [6.45, 7) is 5.67. The molecule has 1 fully saturated rings. The van der Waals surface area contributed by atoms with Crippen molar-refractivity contribution in [3.05, 3.63) is 41.7 Å². The number of carbonyl (C=O) groups is 1. The molecule has 134 valence electrons. The topological polar surface area (TPSA) is 70.8 Å². The fourth-order valence-electron chi connectivity index (χ4n) is 3.03. The van der Waals surface area contributed by atoms with Gasteiger partial charge in [-0.2, -0.15) is 5.10 Å². The summed E-state index contributed by atoms with van der Waals surface area (Å²) in [6.07, 6.45) is 1.78. The van der Waals surface area contributed by atoms with E-state index in [0.717, 1.165) is 24.3 Å². The molecule has 0 unspecified atom stereocenters. The highest BCUT2D eigenvalue weighted by Crippen LogP contribution is 2.23. The molecule has 0 atom stereocenters. The molecule has 0 spiro atoms. The number of aliphatic hydroxyl groups is 1. The molecular weight excluding hydrogens is 320 g/mol. The van der Waals surface area contributed by atoms with Gasteiger partial charge in [0.25, 0.3) is 5.91 Å². The average Bonchev–Trinajstić information content (AvgIpc) is 3.12. The van der Waals surface area contributed by atoms with Crippen molar-refractivity contribution in [3.8, 4) is 11.4 Å². The number of aromatic nitrogens is 2. The number of β-amino-alcohol motifs (C(OH)–C–C–N with tert-alkyl or cyclic N) is 1. The van der Waals surface area contributed by atoms with Gasteiger partial charge in [0, 0.05) is 38.9 Å². The first-order valence-electron chi connectivity index (χ1n) is 8.45. The minimum atomic E-state index is -0.0611. The van der Waals surface area contributed by atoms with Gasteiger partial charge in [0.05, 0.1) is 13.7 Å². The van der Waals surface area contributed by atoms with Crippen molar-refractivity contribution in [2.24, 2.45) is 0 Å². The predicted molar refractivity (Wildman–Crippen MR) is 94.3 cm³/mol. The number of carbonyl (C=O) groups excluding carboxylic acids is 1. The number of methoxy groups -OCH3 is 1. The maximum absolute atomic E-state index is 12.7. The minimum absolute atomic E-state index is 0.0611. The Morgan fingerprint density at radius 1 is 1.24 bits per heavy atom. The Balaban J connectivity index is 1.74. The van der Waals surface area contributed by atoms with Crippen LogP contribution in [0.5, 0.6) is 5.75 Å². The molecule has 0 radical (unpaired) electrons. The summed E-state index contributed by atoms with van der Waals surface area (Å²) in [7, 11) is 1.62. The second-order valence-electron chi connectivity index (χ2n) is 6.18. The van der Waals surface area contributed by atoms with Gasteiger partial charge < -0.3 is 14.7 Å². The molecule has 1 aromatic heterocycles. The van der Waals surface area contributed by atoms with E-state index in [-0.39, 0.29) is 12.5 Å². The molecule has 7 heteroatoms. The second-order valence-corrected chi connectivity index (χ2v) is 6.18. The van der Waals surface area contributed by atoms with Gasteiger partial charge in [-0.3, -0.25) is 9.69 Å². The number of rotatable bonds is 5. The van der Waals surface area contributed by atoms with Crippen LogP contribution < -0.4 is 4.74 Å². The third kappa shape index (κ3) is 3.83. The van der Waals surface area contributed by atoms with Gasteiger partial charge >= 0.3 is 0 Å². The number of amides is 1. The van der Waals surface area contributed by atoms with E-state index >= 15 is 0 Å². The van der Waals surface area contributed by atoms with Crippen molar-refractivity contribution in [1.29, 1.82) is 0 Å². The zero-order valence-corrected chi connectivity index (χ0v) is 14.7. The lowest BCUT2D eigenvalue weighted by molar-refractivity contribution is 0.0609. The van der Waals surface area contributed by atoms with Gasteiger partial charge in [-0.15, -0.1) is 0 Å². The SMILES string of the molecule is COc1ccc(C)cc1-n1ccc(C(=O)N2CCN(CCO)CC2)n1. The van der Waals surface area contributed by atoms with Gasteiger partial charge in [-0.1, -0.05) is 6.07 Å². The van der Waals surface area contributed by atoms with E-state index in [4.69, 9.17) is 9.84 Å². The zero-order chi connectivity index (χ0) is 17.8. The van der Waals surface area contributed by atoms with Crippen molar-refractivity contribution in [2.45, 2.75) is 6.92 Å². The molecule has 25 heavy (non-hydrogen) atoms. The Kier molecular flexibility index (Phi) is 5.35. The van der Waals surface area contributed by atoms with Crippen LogP contribution in [0.25, 0.3) is 5.69 Å². The van der Waals surface area contributed by atoms with Crippen LogP contribution in [-0.2, 0) is 0 Å². The van der Waals surface area contributed by atoms with Gasteiger partial charge in [-0.05, 0) is 30.7 Å². The molecule has 1 aliphatic heterocycles. The number of benzene rings is 1. The van der Waals surface area contributed by atoms with E-state index in [9.17, 15) is 4.79 Å². The molecule has 1 amide bonds. The summed E-state index contributed by atoms with van der Waals surface area (Å²) >= 11 is 0. The van der Waals surface area contributed by atoms with Crippen molar-refractivity contribution >= 4 is 5.91 Å². The smallest absolute Gasteiger partial charge is 0.274 e. The molecule has 2 aromatic rings. The Bertz CT molecular complexity index is 736. The third-order valence-corrected chi connectivity index (χ3v) is 4.47. The number of aryl methyl sites for hydroxylation is 1. The summed E-state index contributed by atoms with van der Waals surface area (Å²) in [5.74, 6) is 0.652. The van der Waals surface area contributed by atoms with Crippen molar-refractivity contribution in [2.75, 3.05) is 46.4 Å². The summed E-state index contributed by atoms with van der Waals surface area (Å²) in [5, 5.41) is 13.5. The van der Waals surface area contributed by atoms with E-state index in [1.807, 2.05) is 30.0 Å². The molecule has 0 saturated carbocycles. The van der Waals surface area contributed by atoms with Crippen LogP contribution in [-0.4, -0.2) is 77.0 Å². The van der Waals surface area contributed by atoms with Crippen LogP contribution >= 0.6 is 0 Å². The van der Waals surface area contributed by atoms with E-state index in [1.54, 1.807) is 24.1 Å². The minimum Gasteiger partial charge on any atom is -0.494 e. The van der Waals surface area contributed by atoms with Gasteiger partial charge in [0.15, 0.2) is 5.69 Å². The van der Waals surface area contributed by atoms with E-state index in [1.165, 1.54) is 0 Å². The standard InChI is InChI=1S/C18H24N4O3/c1-14-3-4-17(25-2)16(13-14)22-6-5-15(19-22)18(24)21-9-7-20(8-10-21)11-12-23/h3-6,13,23H,7-12H2,1-2H3. The molecule has 3 rings (SSSR count). The van der Waals surface area contributed by atoms with E-state index in [2.05, 4.69) is 10.00 Å². The first-order valence-corrected chi connectivity index (χ1v) is 8.45. The lowest BCUT2D eigenvalue weighted by Crippen LogP contribution is -2.49. The van der Waals surface area contributed by atoms with E-state index in [0.29, 0.717) is 31.1 Å². The summed E-state index contributed by atoms with van der Waals surface area (Å²) in [4.78, 5) is 16.6. The number of ether oxygens (including phenoxy) is 1. The summed E-state index contributed by atoms with van der Waals surface area (Å²) in [6, 6.07) is 7.59. The lowest BCUT2D eigenvalue weighted by Gasteiger charge is -2.33. The number of hydrogen-bond acceptors (Lipinski definition) is 5. The third-order valence-electron chi connectivity index (χ3n) is 4.47. The molecular formula is C18H24N4O3. The van der Waals surface area contributed by atoms with Crippen LogP contribution in [0.1, 0.15) is 16.1 Å². The number of hydrogen-bond donors (Lipinski definition) is 1. The molecule has 2 heterocycles.